The molecule has 0 aliphatic carbocycles. The molecule has 0 radical (unpaired) electrons. The van der Waals surface area contributed by atoms with Crippen LogP contribution in [-0.4, -0.2) is 24.8 Å². The van der Waals surface area contributed by atoms with Gasteiger partial charge < -0.3 is 19.5 Å². The Morgan fingerprint density at radius 2 is 1.70 bits per heavy atom. The average molecular weight is 403 g/mol. The molecular formula is C25H25NO4. The average Bonchev–Trinajstić information content (AvgIpc) is 2.77. The van der Waals surface area contributed by atoms with E-state index in [1.165, 1.54) is 5.56 Å². The lowest BCUT2D eigenvalue weighted by Gasteiger charge is -2.27. The number of hydrogen-bond acceptors (Lipinski definition) is 4. The maximum absolute atomic E-state index is 10.8. The molecule has 30 heavy (non-hydrogen) atoms. The third-order valence-corrected chi connectivity index (χ3v) is 4.65. The third-order valence-electron chi connectivity index (χ3n) is 4.65. The SMILES string of the molecule is C=Cc1cc(OC)ccc1N(Cc1ccccc1)Cc1cccc(OCC(=O)O)c1. The number of carboxylic acid groups (broad SMARTS) is 1. The summed E-state index contributed by atoms with van der Waals surface area (Å²) >= 11 is 0. The van der Waals surface area contributed by atoms with Crippen molar-refractivity contribution in [1.29, 1.82) is 0 Å². The molecule has 154 valence electrons. The Kier molecular flexibility index (Phi) is 7.11. The summed E-state index contributed by atoms with van der Waals surface area (Å²) in [6.45, 7) is 4.92. The van der Waals surface area contributed by atoms with Crippen LogP contribution < -0.4 is 14.4 Å². The topological polar surface area (TPSA) is 59.0 Å². The van der Waals surface area contributed by atoms with Crippen molar-refractivity contribution in [3.63, 3.8) is 0 Å². The zero-order chi connectivity index (χ0) is 21.3. The Balaban J connectivity index is 1.92. The van der Waals surface area contributed by atoms with Crippen molar-refractivity contribution in [1.82, 2.24) is 0 Å². The van der Waals surface area contributed by atoms with Gasteiger partial charge in [0, 0.05) is 24.3 Å². The summed E-state index contributed by atoms with van der Waals surface area (Å²) in [7, 11) is 1.65. The Labute approximate surface area is 176 Å². The van der Waals surface area contributed by atoms with E-state index in [9.17, 15) is 4.79 Å². The van der Waals surface area contributed by atoms with Crippen LogP contribution in [0.3, 0.4) is 0 Å². The normalized spacial score (nSPS) is 10.3. The van der Waals surface area contributed by atoms with E-state index in [1.54, 1.807) is 13.2 Å². The number of methoxy groups -OCH3 is 1. The van der Waals surface area contributed by atoms with Crippen LogP contribution in [-0.2, 0) is 17.9 Å². The second-order valence-electron chi connectivity index (χ2n) is 6.80. The Bertz CT molecular complexity index is 1000. The fourth-order valence-electron chi connectivity index (χ4n) is 3.24. The van der Waals surface area contributed by atoms with Gasteiger partial charge >= 0.3 is 5.97 Å². The number of rotatable bonds is 10. The first-order valence-electron chi connectivity index (χ1n) is 9.62. The van der Waals surface area contributed by atoms with Gasteiger partial charge in [-0.25, -0.2) is 4.79 Å². The van der Waals surface area contributed by atoms with Crippen LogP contribution in [0, 0.1) is 0 Å². The largest absolute Gasteiger partial charge is 0.497 e. The second kappa shape index (κ2) is 10.2. The number of hydrogen-bond donors (Lipinski definition) is 1. The van der Waals surface area contributed by atoms with Gasteiger partial charge in [-0.05, 0) is 41.5 Å². The summed E-state index contributed by atoms with van der Waals surface area (Å²) in [5, 5.41) is 8.85. The molecule has 0 bridgehead atoms. The summed E-state index contributed by atoms with van der Waals surface area (Å²) in [5.74, 6) is 0.311. The molecule has 5 heteroatoms. The molecule has 0 saturated carbocycles. The maximum Gasteiger partial charge on any atom is 0.341 e. The quantitative estimate of drug-likeness (QED) is 0.516. The Morgan fingerprint density at radius 1 is 0.967 bits per heavy atom. The van der Waals surface area contributed by atoms with Crippen molar-refractivity contribution < 1.29 is 19.4 Å². The highest BCUT2D eigenvalue weighted by Gasteiger charge is 2.13. The molecule has 0 amide bonds. The predicted molar refractivity (Wildman–Crippen MR) is 119 cm³/mol. The first-order chi connectivity index (χ1) is 14.6. The first kappa shape index (κ1) is 21.0. The van der Waals surface area contributed by atoms with E-state index < -0.39 is 5.97 Å². The van der Waals surface area contributed by atoms with Gasteiger partial charge in [-0.3, -0.25) is 0 Å². The van der Waals surface area contributed by atoms with Gasteiger partial charge in [0.15, 0.2) is 6.61 Å². The third kappa shape index (κ3) is 5.64. The molecule has 0 fully saturated rings. The van der Waals surface area contributed by atoms with E-state index in [0.29, 0.717) is 18.8 Å². The van der Waals surface area contributed by atoms with E-state index in [0.717, 1.165) is 22.6 Å². The zero-order valence-electron chi connectivity index (χ0n) is 17.0. The highest BCUT2D eigenvalue weighted by molar-refractivity contribution is 5.69. The van der Waals surface area contributed by atoms with Crippen LogP contribution in [0.15, 0.2) is 79.4 Å². The van der Waals surface area contributed by atoms with Crippen molar-refractivity contribution >= 4 is 17.7 Å². The molecule has 0 aliphatic heterocycles. The molecule has 0 aromatic heterocycles. The van der Waals surface area contributed by atoms with Crippen LogP contribution in [0.4, 0.5) is 5.69 Å². The van der Waals surface area contributed by atoms with Crippen LogP contribution in [0.25, 0.3) is 6.08 Å². The van der Waals surface area contributed by atoms with E-state index in [-0.39, 0.29) is 6.61 Å². The van der Waals surface area contributed by atoms with Crippen LogP contribution in [0.5, 0.6) is 11.5 Å². The lowest BCUT2D eigenvalue weighted by Crippen LogP contribution is -2.23. The van der Waals surface area contributed by atoms with Crippen molar-refractivity contribution in [2.45, 2.75) is 13.1 Å². The monoisotopic (exact) mass is 403 g/mol. The smallest absolute Gasteiger partial charge is 0.341 e. The molecule has 0 atom stereocenters. The highest BCUT2D eigenvalue weighted by Crippen LogP contribution is 2.29. The van der Waals surface area contributed by atoms with Crippen molar-refractivity contribution in [3.05, 3.63) is 96.1 Å². The van der Waals surface area contributed by atoms with Crippen molar-refractivity contribution in [2.24, 2.45) is 0 Å². The Morgan fingerprint density at radius 3 is 2.40 bits per heavy atom. The standard InChI is InChI=1S/C25H25NO4/c1-3-21-15-22(29-2)12-13-24(21)26(16-19-8-5-4-6-9-19)17-20-10-7-11-23(14-20)30-18-25(27)28/h3-15H,1,16-18H2,2H3,(H,27,28). The number of carboxylic acids is 1. The molecule has 3 aromatic rings. The summed E-state index contributed by atoms with van der Waals surface area (Å²) in [6.07, 6.45) is 1.82. The number of aliphatic carboxylic acids is 1. The number of carbonyl (C=O) groups is 1. The second-order valence-corrected chi connectivity index (χ2v) is 6.80. The van der Waals surface area contributed by atoms with Gasteiger partial charge in [-0.2, -0.15) is 0 Å². The molecule has 0 heterocycles. The summed E-state index contributed by atoms with van der Waals surface area (Å²) in [6, 6.07) is 23.7. The number of anilines is 1. The molecule has 3 rings (SSSR count). The molecule has 0 unspecified atom stereocenters. The van der Waals surface area contributed by atoms with Crippen molar-refractivity contribution in [2.75, 3.05) is 18.6 Å². The summed E-state index contributed by atoms with van der Waals surface area (Å²) < 4.78 is 10.7. The van der Waals surface area contributed by atoms with Crippen LogP contribution in [0.1, 0.15) is 16.7 Å². The molecule has 1 N–H and O–H groups in total. The van der Waals surface area contributed by atoms with Gasteiger partial charge in [0.05, 0.1) is 7.11 Å². The zero-order valence-corrected chi connectivity index (χ0v) is 17.0. The van der Waals surface area contributed by atoms with Gasteiger partial charge in [-0.1, -0.05) is 55.1 Å². The van der Waals surface area contributed by atoms with E-state index in [4.69, 9.17) is 14.6 Å². The number of ether oxygens (including phenoxy) is 2. The maximum atomic E-state index is 10.8. The number of nitrogens with zero attached hydrogens (tertiary/aromatic N) is 1. The minimum Gasteiger partial charge on any atom is -0.497 e. The fraction of sp³-hybridized carbons (Fsp3) is 0.160. The summed E-state index contributed by atoms with van der Waals surface area (Å²) in [5.41, 5.74) is 4.20. The molecule has 0 saturated heterocycles. The summed E-state index contributed by atoms with van der Waals surface area (Å²) in [4.78, 5) is 13.0. The molecule has 0 spiro atoms. The first-order valence-corrected chi connectivity index (χ1v) is 9.62. The molecule has 0 aliphatic rings. The van der Waals surface area contributed by atoms with Gasteiger partial charge in [-0.15, -0.1) is 0 Å². The fourth-order valence-corrected chi connectivity index (χ4v) is 3.24. The highest BCUT2D eigenvalue weighted by atomic mass is 16.5. The van der Waals surface area contributed by atoms with Gasteiger partial charge in [0.2, 0.25) is 0 Å². The predicted octanol–water partition coefficient (Wildman–Crippen LogP) is 5.01. The number of benzene rings is 3. The van der Waals surface area contributed by atoms with Crippen LogP contribution in [0.2, 0.25) is 0 Å². The minimum absolute atomic E-state index is 0.365. The van der Waals surface area contributed by atoms with Gasteiger partial charge in [0.25, 0.3) is 0 Å². The molecule has 3 aromatic carbocycles. The van der Waals surface area contributed by atoms with E-state index in [2.05, 4.69) is 23.6 Å². The molecular weight excluding hydrogens is 378 g/mol. The molecule has 5 nitrogen and oxygen atoms in total. The van der Waals surface area contributed by atoms with Gasteiger partial charge in [0.1, 0.15) is 11.5 Å². The van der Waals surface area contributed by atoms with E-state index in [1.807, 2.05) is 60.7 Å². The van der Waals surface area contributed by atoms with Crippen LogP contribution >= 0.6 is 0 Å². The minimum atomic E-state index is -1.00. The lowest BCUT2D eigenvalue weighted by molar-refractivity contribution is -0.139. The van der Waals surface area contributed by atoms with Crippen molar-refractivity contribution in [3.8, 4) is 11.5 Å². The van der Waals surface area contributed by atoms with E-state index >= 15 is 0 Å². The Hall–Kier alpha value is -3.73. The lowest BCUT2D eigenvalue weighted by atomic mass is 10.1.